The molecule has 0 radical (unpaired) electrons. The van der Waals surface area contributed by atoms with Gasteiger partial charge in [-0.15, -0.1) is 0 Å². The number of nitro groups is 2. The van der Waals surface area contributed by atoms with Gasteiger partial charge >= 0.3 is 18.3 Å². The van der Waals surface area contributed by atoms with Crippen molar-refractivity contribution in [2.75, 3.05) is 13.2 Å². The summed E-state index contributed by atoms with van der Waals surface area (Å²) in [6.07, 6.45) is -6.94. The van der Waals surface area contributed by atoms with Gasteiger partial charge in [-0.2, -0.15) is 22.0 Å². The van der Waals surface area contributed by atoms with Gasteiger partial charge in [0.15, 0.2) is 0 Å². The van der Waals surface area contributed by atoms with E-state index < -0.39 is 57.4 Å². The zero-order valence-electron chi connectivity index (χ0n) is 23.0. The van der Waals surface area contributed by atoms with E-state index in [0.29, 0.717) is 5.56 Å². The first-order chi connectivity index (χ1) is 20.6. The fraction of sp³-hybridized carbons (Fsp3) is 0.276. The number of nitro benzene ring substituents is 2. The summed E-state index contributed by atoms with van der Waals surface area (Å²) < 4.78 is 81.0. The van der Waals surface area contributed by atoms with Crippen LogP contribution in [-0.2, 0) is 15.6 Å². The second kappa shape index (κ2) is 14.4. The minimum atomic E-state index is -4.29. The Hall–Kier alpha value is -5.08. The first kappa shape index (κ1) is 33.4. The van der Waals surface area contributed by atoms with Crippen molar-refractivity contribution in [2.45, 2.75) is 38.0 Å². The highest BCUT2D eigenvalue weighted by Gasteiger charge is 2.34. The highest BCUT2D eigenvalue weighted by molar-refractivity contribution is 5.87. The number of non-ortho nitro benzene ring substituents is 1. The molecule has 0 fully saturated rings. The molecule has 0 heterocycles. The Morgan fingerprint density at radius 1 is 0.909 bits per heavy atom. The number of benzene rings is 3. The van der Waals surface area contributed by atoms with Crippen molar-refractivity contribution in [3.8, 4) is 11.5 Å². The molecule has 0 saturated carbocycles. The molecule has 44 heavy (non-hydrogen) atoms. The molecule has 0 aromatic heterocycles. The minimum Gasteiger partial charge on any atom is -0.494 e. The van der Waals surface area contributed by atoms with Gasteiger partial charge in [0, 0.05) is 30.0 Å². The van der Waals surface area contributed by atoms with Crippen LogP contribution in [0.4, 0.5) is 33.3 Å². The lowest BCUT2D eigenvalue weighted by Crippen LogP contribution is -2.21. The smallest absolute Gasteiger partial charge is 0.426 e. The number of hydrogen-bond acceptors (Lipinski definition) is 8. The lowest BCUT2D eigenvalue weighted by atomic mass is 9.99. The molecule has 0 spiro atoms. The molecular weight excluding hydrogens is 599 g/mol. The van der Waals surface area contributed by atoms with E-state index in [1.807, 2.05) is 0 Å². The Kier molecular flexibility index (Phi) is 10.9. The number of carbonyl (C=O) groups excluding carboxylic acids is 1. The Labute approximate surface area is 247 Å². The third-order valence-electron chi connectivity index (χ3n) is 6.03. The number of ether oxygens (including phenoxy) is 3. The summed E-state index contributed by atoms with van der Waals surface area (Å²) in [5.74, 6) is -1.49. The van der Waals surface area contributed by atoms with E-state index >= 15 is 0 Å². The lowest BCUT2D eigenvalue weighted by Gasteiger charge is -2.18. The van der Waals surface area contributed by atoms with Crippen molar-refractivity contribution in [3.05, 3.63) is 110 Å². The molecule has 0 N–H and O–H groups in total. The standard InChI is InChI=1S/C29H25F5N2O8/c1-19(25-13-8-22(35(38)39)17-26(25)36(40)41)18-43-27(37)14-5-20-3-6-21(7-4-20)29(33,34)44-24-11-9-23(10-12-24)42-16-2-15-28(30,31)32/h3-14,17,19H,2,15-16,18H2,1H3/b14-5+. The number of rotatable bonds is 14. The Morgan fingerprint density at radius 3 is 2.14 bits per heavy atom. The molecule has 15 heteroatoms. The number of halogens is 5. The molecule has 1 atom stereocenters. The molecule has 3 aromatic carbocycles. The van der Waals surface area contributed by atoms with Crippen molar-refractivity contribution < 1.29 is 50.8 Å². The Bertz CT molecular complexity index is 1490. The van der Waals surface area contributed by atoms with Crippen molar-refractivity contribution in [2.24, 2.45) is 0 Å². The lowest BCUT2D eigenvalue weighted by molar-refractivity contribution is -0.394. The van der Waals surface area contributed by atoms with E-state index in [1.165, 1.54) is 55.5 Å². The quantitative estimate of drug-likeness (QED) is 0.0445. The van der Waals surface area contributed by atoms with E-state index in [0.717, 1.165) is 30.3 Å². The van der Waals surface area contributed by atoms with Crippen molar-refractivity contribution >= 4 is 23.4 Å². The molecule has 0 aliphatic carbocycles. The average Bonchev–Trinajstić information content (AvgIpc) is 2.97. The van der Waals surface area contributed by atoms with Gasteiger partial charge in [-0.25, -0.2) is 4.79 Å². The maximum atomic E-state index is 14.7. The predicted octanol–water partition coefficient (Wildman–Crippen LogP) is 7.71. The predicted molar refractivity (Wildman–Crippen MR) is 146 cm³/mol. The van der Waals surface area contributed by atoms with Crippen LogP contribution in [0, 0.1) is 20.2 Å². The number of hydrogen-bond donors (Lipinski definition) is 0. The fourth-order valence-electron chi connectivity index (χ4n) is 3.79. The Morgan fingerprint density at radius 2 is 1.55 bits per heavy atom. The van der Waals surface area contributed by atoms with Crippen LogP contribution in [-0.4, -0.2) is 35.2 Å². The summed E-state index contributed by atoms with van der Waals surface area (Å²) >= 11 is 0. The molecule has 1 unspecified atom stereocenters. The van der Waals surface area contributed by atoms with Crippen LogP contribution in [0.2, 0.25) is 0 Å². The van der Waals surface area contributed by atoms with Crippen LogP contribution in [0.1, 0.15) is 42.4 Å². The summed E-state index contributed by atoms with van der Waals surface area (Å²) in [7, 11) is 0. The minimum absolute atomic E-state index is 0.139. The molecule has 0 aliphatic rings. The van der Waals surface area contributed by atoms with Gasteiger partial charge in [-0.05, 0) is 60.5 Å². The van der Waals surface area contributed by atoms with Crippen LogP contribution in [0.25, 0.3) is 6.08 Å². The third kappa shape index (κ3) is 10.0. The molecule has 0 amide bonds. The molecule has 0 bridgehead atoms. The SMILES string of the molecule is CC(COC(=O)/C=C/c1ccc(C(F)(F)Oc2ccc(OCCCC(F)(F)F)cc2)cc1)c1ccc([N+](=O)[O-])cc1[N+](=O)[O-]. The first-order valence-electron chi connectivity index (χ1n) is 12.9. The summed E-state index contributed by atoms with van der Waals surface area (Å²) in [4.78, 5) is 32.9. The van der Waals surface area contributed by atoms with Crippen LogP contribution in [0.5, 0.6) is 11.5 Å². The van der Waals surface area contributed by atoms with Crippen molar-refractivity contribution in [1.82, 2.24) is 0 Å². The van der Waals surface area contributed by atoms with E-state index in [2.05, 4.69) is 0 Å². The second-order valence-corrected chi connectivity index (χ2v) is 9.40. The van der Waals surface area contributed by atoms with Crippen LogP contribution in [0.3, 0.4) is 0 Å². The maximum absolute atomic E-state index is 14.7. The average molecular weight is 625 g/mol. The van der Waals surface area contributed by atoms with Gasteiger partial charge in [-0.3, -0.25) is 20.2 Å². The molecule has 234 valence electrons. The molecule has 10 nitrogen and oxygen atoms in total. The first-order valence-corrected chi connectivity index (χ1v) is 12.9. The van der Waals surface area contributed by atoms with Crippen LogP contribution in [0.15, 0.2) is 72.8 Å². The molecule has 3 aromatic rings. The maximum Gasteiger partial charge on any atom is 0.426 e. The molecule has 3 rings (SSSR count). The third-order valence-corrected chi connectivity index (χ3v) is 6.03. The largest absolute Gasteiger partial charge is 0.494 e. The van der Waals surface area contributed by atoms with Crippen LogP contribution >= 0.6 is 0 Å². The number of esters is 1. The van der Waals surface area contributed by atoms with Gasteiger partial charge in [0.05, 0.1) is 34.7 Å². The highest BCUT2D eigenvalue weighted by atomic mass is 19.4. The zero-order chi connectivity index (χ0) is 32.5. The van der Waals surface area contributed by atoms with E-state index in [1.54, 1.807) is 0 Å². The van der Waals surface area contributed by atoms with Crippen molar-refractivity contribution in [1.29, 1.82) is 0 Å². The number of nitrogens with zero attached hydrogens (tertiary/aromatic N) is 2. The zero-order valence-corrected chi connectivity index (χ0v) is 23.0. The molecule has 0 saturated heterocycles. The summed E-state index contributed by atoms with van der Waals surface area (Å²) in [5, 5.41) is 22.2. The number of alkyl halides is 5. The summed E-state index contributed by atoms with van der Waals surface area (Å²) in [5.41, 5.74) is -0.926. The van der Waals surface area contributed by atoms with Gasteiger partial charge in [0.25, 0.3) is 11.4 Å². The summed E-state index contributed by atoms with van der Waals surface area (Å²) in [6, 6.07) is 12.9. The monoisotopic (exact) mass is 624 g/mol. The van der Waals surface area contributed by atoms with Crippen molar-refractivity contribution in [3.63, 3.8) is 0 Å². The summed E-state index contributed by atoms with van der Waals surface area (Å²) in [6.45, 7) is 1.08. The van der Waals surface area contributed by atoms with Gasteiger partial charge in [-0.1, -0.05) is 19.1 Å². The van der Waals surface area contributed by atoms with Gasteiger partial charge in [0.2, 0.25) is 0 Å². The molecular formula is C29H25F5N2O8. The van der Waals surface area contributed by atoms with Crippen LogP contribution < -0.4 is 9.47 Å². The molecule has 0 aliphatic heterocycles. The highest BCUT2D eigenvalue weighted by Crippen LogP contribution is 2.33. The number of carbonyl (C=O) groups is 1. The van der Waals surface area contributed by atoms with E-state index in [4.69, 9.17) is 14.2 Å². The van der Waals surface area contributed by atoms with Gasteiger partial charge < -0.3 is 14.2 Å². The van der Waals surface area contributed by atoms with Gasteiger partial charge in [0.1, 0.15) is 11.5 Å². The van der Waals surface area contributed by atoms with E-state index in [9.17, 15) is 47.0 Å². The fourth-order valence-corrected chi connectivity index (χ4v) is 3.79. The topological polar surface area (TPSA) is 131 Å². The normalized spacial score (nSPS) is 12.5. The second-order valence-electron chi connectivity index (χ2n) is 9.40. The Balaban J connectivity index is 1.52. The van der Waals surface area contributed by atoms with E-state index in [-0.39, 0.29) is 36.7 Å².